The van der Waals surface area contributed by atoms with Crippen LogP contribution >= 0.6 is 11.6 Å². The second-order valence-electron chi connectivity index (χ2n) is 4.86. The predicted octanol–water partition coefficient (Wildman–Crippen LogP) is 3.71. The van der Waals surface area contributed by atoms with Crippen molar-refractivity contribution in [2.45, 2.75) is 0 Å². The summed E-state index contributed by atoms with van der Waals surface area (Å²) >= 11 is 5.93. The van der Waals surface area contributed by atoms with Gasteiger partial charge in [-0.1, -0.05) is 17.7 Å². The van der Waals surface area contributed by atoms with Crippen molar-refractivity contribution in [1.82, 2.24) is 0 Å². The number of carbonyl (C=O) groups excluding carboxylic acids is 1. The summed E-state index contributed by atoms with van der Waals surface area (Å²) in [7, 11) is 1.48. The van der Waals surface area contributed by atoms with Crippen molar-refractivity contribution in [3.8, 4) is 17.2 Å². The van der Waals surface area contributed by atoms with Gasteiger partial charge in [0.15, 0.2) is 17.3 Å². The highest BCUT2D eigenvalue weighted by molar-refractivity contribution is 6.31. The molecule has 0 bridgehead atoms. The number of ketones is 1. The molecule has 0 aliphatic carbocycles. The molecule has 0 amide bonds. The van der Waals surface area contributed by atoms with E-state index in [4.69, 9.17) is 21.1 Å². The number of rotatable bonds is 2. The molecule has 0 saturated carbocycles. The first-order chi connectivity index (χ1) is 10.6. The van der Waals surface area contributed by atoms with E-state index in [0.717, 1.165) is 0 Å². The van der Waals surface area contributed by atoms with Gasteiger partial charge in [0.2, 0.25) is 0 Å². The van der Waals surface area contributed by atoms with E-state index in [1.54, 1.807) is 36.4 Å². The maximum Gasteiger partial charge on any atom is 0.196 e. The Labute approximate surface area is 132 Å². The van der Waals surface area contributed by atoms with E-state index in [0.29, 0.717) is 33.2 Å². The van der Waals surface area contributed by atoms with Crippen LogP contribution in [0, 0.1) is 0 Å². The number of phenolic OH excluding ortho intramolecular Hbond substituents is 1. The van der Waals surface area contributed by atoms with Gasteiger partial charge in [-0.25, -0.2) is 0 Å². The van der Waals surface area contributed by atoms with Crippen molar-refractivity contribution in [1.29, 1.82) is 0 Å². The van der Waals surface area contributed by atoms with Crippen molar-refractivity contribution in [2.24, 2.45) is 0 Å². The van der Waals surface area contributed by atoms with Crippen LogP contribution in [0.2, 0.25) is 5.02 Å². The van der Waals surface area contributed by atoms with Crippen LogP contribution < -0.4 is 9.47 Å². The third-order valence-corrected chi connectivity index (χ3v) is 3.64. The zero-order chi connectivity index (χ0) is 15.7. The SMILES string of the molecule is COc1ccc(/C=C2\COc3ccc(Cl)cc3C2=O)cc1O. The topological polar surface area (TPSA) is 55.8 Å². The van der Waals surface area contributed by atoms with Gasteiger partial charge >= 0.3 is 0 Å². The standard InChI is InChI=1S/C17H13ClO4/c1-21-16-4-2-10(7-14(16)19)6-11-9-22-15-5-3-12(18)8-13(15)17(11)20/h2-8,19H,9H2,1H3/b11-6+. The van der Waals surface area contributed by atoms with Gasteiger partial charge in [-0.3, -0.25) is 4.79 Å². The molecule has 0 fully saturated rings. The van der Waals surface area contributed by atoms with Gasteiger partial charge in [0.25, 0.3) is 0 Å². The van der Waals surface area contributed by atoms with Crippen LogP contribution in [0.15, 0.2) is 42.0 Å². The number of Topliss-reactive ketones (excluding diaryl/α,β-unsaturated/α-hetero) is 1. The lowest BCUT2D eigenvalue weighted by Crippen LogP contribution is -2.18. The molecule has 4 nitrogen and oxygen atoms in total. The molecule has 3 rings (SSSR count). The third-order valence-electron chi connectivity index (χ3n) is 3.40. The summed E-state index contributed by atoms with van der Waals surface area (Å²) in [6.45, 7) is 0.181. The van der Waals surface area contributed by atoms with Crippen molar-refractivity contribution >= 4 is 23.5 Å². The molecular weight excluding hydrogens is 304 g/mol. The zero-order valence-electron chi connectivity index (χ0n) is 11.8. The van der Waals surface area contributed by atoms with Crippen molar-refractivity contribution in [2.75, 3.05) is 13.7 Å². The van der Waals surface area contributed by atoms with Crippen LogP contribution in [0.5, 0.6) is 17.2 Å². The van der Waals surface area contributed by atoms with Crippen LogP contribution in [-0.4, -0.2) is 24.6 Å². The average molecular weight is 317 g/mol. The molecule has 2 aromatic carbocycles. The quantitative estimate of drug-likeness (QED) is 0.858. The van der Waals surface area contributed by atoms with Crippen molar-refractivity contribution in [3.05, 3.63) is 58.1 Å². The lowest BCUT2D eigenvalue weighted by Gasteiger charge is -2.19. The average Bonchev–Trinajstić information content (AvgIpc) is 2.51. The summed E-state index contributed by atoms with van der Waals surface area (Å²) in [5.74, 6) is 0.804. The molecule has 22 heavy (non-hydrogen) atoms. The molecular formula is C17H13ClO4. The molecule has 5 heteroatoms. The fourth-order valence-corrected chi connectivity index (χ4v) is 2.48. The van der Waals surface area contributed by atoms with Gasteiger partial charge in [-0.2, -0.15) is 0 Å². The maximum absolute atomic E-state index is 12.5. The normalized spacial score (nSPS) is 15.4. The number of aromatic hydroxyl groups is 1. The van der Waals surface area contributed by atoms with E-state index in [-0.39, 0.29) is 18.1 Å². The molecule has 0 unspecified atom stereocenters. The number of halogens is 1. The molecule has 1 aliphatic heterocycles. The summed E-state index contributed by atoms with van der Waals surface area (Å²) < 4.78 is 10.6. The Hall–Kier alpha value is -2.46. The van der Waals surface area contributed by atoms with Gasteiger partial charge in [0, 0.05) is 10.6 Å². The number of methoxy groups -OCH3 is 1. The lowest BCUT2D eigenvalue weighted by molar-refractivity contribution is 0.100. The van der Waals surface area contributed by atoms with Crippen molar-refractivity contribution < 1.29 is 19.4 Å². The largest absolute Gasteiger partial charge is 0.504 e. The smallest absolute Gasteiger partial charge is 0.196 e. The van der Waals surface area contributed by atoms with Crippen LogP contribution in [0.1, 0.15) is 15.9 Å². The van der Waals surface area contributed by atoms with Crippen LogP contribution in [0.4, 0.5) is 0 Å². The number of ether oxygens (including phenoxy) is 2. The minimum atomic E-state index is -0.126. The van der Waals surface area contributed by atoms with E-state index in [2.05, 4.69) is 0 Å². The number of fused-ring (bicyclic) bond motifs is 1. The first-order valence-corrected chi connectivity index (χ1v) is 7.01. The monoisotopic (exact) mass is 316 g/mol. The Kier molecular flexibility index (Phi) is 3.77. The molecule has 112 valence electrons. The summed E-state index contributed by atoms with van der Waals surface area (Å²) in [6.07, 6.45) is 1.69. The van der Waals surface area contributed by atoms with Gasteiger partial charge in [-0.15, -0.1) is 0 Å². The second-order valence-corrected chi connectivity index (χ2v) is 5.30. The molecule has 2 aromatic rings. The number of benzene rings is 2. The Morgan fingerprint density at radius 1 is 1.27 bits per heavy atom. The fraction of sp³-hybridized carbons (Fsp3) is 0.118. The lowest BCUT2D eigenvalue weighted by atomic mass is 9.98. The third kappa shape index (κ3) is 2.65. The molecule has 1 heterocycles. The summed E-state index contributed by atoms with van der Waals surface area (Å²) in [4.78, 5) is 12.5. The summed E-state index contributed by atoms with van der Waals surface area (Å²) in [6, 6.07) is 9.90. The first-order valence-electron chi connectivity index (χ1n) is 6.63. The second kappa shape index (κ2) is 5.73. The Balaban J connectivity index is 1.96. The van der Waals surface area contributed by atoms with Crippen molar-refractivity contribution in [3.63, 3.8) is 0 Å². The van der Waals surface area contributed by atoms with Crippen LogP contribution in [0.3, 0.4) is 0 Å². The van der Waals surface area contributed by atoms with E-state index in [9.17, 15) is 9.90 Å². The molecule has 0 aromatic heterocycles. The molecule has 0 atom stereocenters. The Morgan fingerprint density at radius 3 is 2.82 bits per heavy atom. The van der Waals surface area contributed by atoms with Crippen LogP contribution in [-0.2, 0) is 0 Å². The highest BCUT2D eigenvalue weighted by Gasteiger charge is 2.23. The van der Waals surface area contributed by atoms with Gasteiger partial charge in [0.1, 0.15) is 12.4 Å². The Morgan fingerprint density at radius 2 is 2.09 bits per heavy atom. The Bertz CT molecular complexity index is 780. The van der Waals surface area contributed by atoms with Crippen LogP contribution in [0.25, 0.3) is 6.08 Å². The minimum absolute atomic E-state index is 0.0180. The molecule has 0 saturated heterocycles. The highest BCUT2D eigenvalue weighted by atomic mass is 35.5. The van der Waals surface area contributed by atoms with Gasteiger partial charge in [0.05, 0.1) is 12.7 Å². The van der Waals surface area contributed by atoms with E-state index in [1.807, 2.05) is 0 Å². The molecule has 1 aliphatic rings. The fourth-order valence-electron chi connectivity index (χ4n) is 2.30. The predicted molar refractivity (Wildman–Crippen MR) is 83.9 cm³/mol. The van der Waals surface area contributed by atoms with E-state index >= 15 is 0 Å². The zero-order valence-corrected chi connectivity index (χ0v) is 12.6. The van der Waals surface area contributed by atoms with Gasteiger partial charge in [-0.05, 0) is 42.0 Å². The number of hydrogen-bond acceptors (Lipinski definition) is 4. The number of phenols is 1. The van der Waals surface area contributed by atoms with E-state index < -0.39 is 0 Å². The summed E-state index contributed by atoms with van der Waals surface area (Å²) in [5, 5.41) is 10.3. The molecule has 1 N–H and O–H groups in total. The number of hydrogen-bond donors (Lipinski definition) is 1. The first kappa shape index (κ1) is 14.5. The minimum Gasteiger partial charge on any atom is -0.504 e. The highest BCUT2D eigenvalue weighted by Crippen LogP contribution is 2.31. The molecule has 0 spiro atoms. The maximum atomic E-state index is 12.5. The summed E-state index contributed by atoms with van der Waals surface area (Å²) in [5.41, 5.74) is 1.64. The van der Waals surface area contributed by atoms with E-state index in [1.165, 1.54) is 13.2 Å². The number of carbonyl (C=O) groups is 1. The van der Waals surface area contributed by atoms with Gasteiger partial charge < -0.3 is 14.6 Å². The molecule has 0 radical (unpaired) electrons.